The number of nitrogens with one attached hydrogen (secondary N) is 1. The van der Waals surface area contributed by atoms with Gasteiger partial charge in [0.2, 0.25) is 5.88 Å². The quantitative estimate of drug-likeness (QED) is 0.824. The zero-order chi connectivity index (χ0) is 20.3. The predicted octanol–water partition coefficient (Wildman–Crippen LogP) is 3.02. The van der Waals surface area contributed by atoms with Crippen LogP contribution in [0.2, 0.25) is 0 Å². The van der Waals surface area contributed by atoms with Crippen LogP contribution in [0.1, 0.15) is 67.6 Å². The summed E-state index contributed by atoms with van der Waals surface area (Å²) in [4.78, 5) is 31.8. The second-order valence-electron chi connectivity index (χ2n) is 8.61. The topological polar surface area (TPSA) is 83.5 Å². The van der Waals surface area contributed by atoms with Gasteiger partial charge in [0.1, 0.15) is 6.10 Å². The third kappa shape index (κ3) is 4.31. The van der Waals surface area contributed by atoms with Gasteiger partial charge in [-0.3, -0.25) is 14.7 Å². The summed E-state index contributed by atoms with van der Waals surface area (Å²) in [5.74, 6) is 1.39. The van der Waals surface area contributed by atoms with E-state index in [1.54, 1.807) is 0 Å². The van der Waals surface area contributed by atoms with Gasteiger partial charge < -0.3 is 9.72 Å². The van der Waals surface area contributed by atoms with Crippen molar-refractivity contribution >= 4 is 5.71 Å². The minimum absolute atomic E-state index is 0.0218. The van der Waals surface area contributed by atoms with Crippen LogP contribution < -0.4 is 10.3 Å². The fraction of sp³-hybridized carbons (Fsp3) is 0.565. The monoisotopic (exact) mass is 407 g/mol. The van der Waals surface area contributed by atoms with E-state index >= 15 is 0 Å². The molecule has 1 aliphatic carbocycles. The highest BCUT2D eigenvalue weighted by Gasteiger charge is 2.23. The normalized spacial score (nSPS) is 20.1. The smallest absolute Gasteiger partial charge is 0.255 e. The number of fused-ring (bicyclic) bond motifs is 1. The second-order valence-corrected chi connectivity index (χ2v) is 8.61. The van der Waals surface area contributed by atoms with Crippen LogP contribution in [-0.4, -0.2) is 44.8 Å². The lowest BCUT2D eigenvalue weighted by molar-refractivity contribution is 0.201. The van der Waals surface area contributed by atoms with Crippen molar-refractivity contribution in [3.05, 3.63) is 51.3 Å². The molecule has 7 heteroatoms. The third-order valence-electron chi connectivity index (χ3n) is 6.34. The Morgan fingerprint density at radius 3 is 2.80 bits per heavy atom. The molecule has 7 nitrogen and oxygen atoms in total. The Labute approximate surface area is 176 Å². The lowest BCUT2D eigenvalue weighted by Crippen LogP contribution is -2.36. The summed E-state index contributed by atoms with van der Waals surface area (Å²) in [6.07, 6.45) is 10.9. The van der Waals surface area contributed by atoms with Gasteiger partial charge in [0.15, 0.2) is 5.82 Å². The number of ether oxygens (including phenoxy) is 1. The van der Waals surface area contributed by atoms with Crippen LogP contribution in [0, 0.1) is 0 Å². The van der Waals surface area contributed by atoms with Gasteiger partial charge in [-0.2, -0.15) is 0 Å². The molecular formula is C23H29N5O2. The number of aromatic nitrogens is 3. The Hall–Kier alpha value is -2.54. The molecule has 4 heterocycles. The van der Waals surface area contributed by atoms with Gasteiger partial charge in [0, 0.05) is 44.9 Å². The number of nitrogens with zero attached hydrogens (tertiary/aromatic N) is 4. The summed E-state index contributed by atoms with van der Waals surface area (Å²) in [7, 11) is 0. The number of H-pyrrole nitrogens is 1. The molecule has 0 bridgehead atoms. The number of aliphatic imine (C=N–C) groups is 1. The minimum Gasteiger partial charge on any atom is -0.474 e. The molecule has 0 unspecified atom stereocenters. The van der Waals surface area contributed by atoms with Crippen molar-refractivity contribution < 1.29 is 4.74 Å². The number of rotatable bonds is 5. The van der Waals surface area contributed by atoms with Crippen molar-refractivity contribution in [1.29, 1.82) is 0 Å². The average molecular weight is 408 g/mol. The third-order valence-corrected chi connectivity index (χ3v) is 6.34. The number of pyridine rings is 1. The molecule has 0 radical (unpaired) electrons. The Balaban J connectivity index is 1.24. The molecule has 5 rings (SSSR count). The van der Waals surface area contributed by atoms with E-state index in [-0.39, 0.29) is 5.56 Å². The molecule has 1 N–H and O–H groups in total. The predicted molar refractivity (Wildman–Crippen MR) is 115 cm³/mol. The van der Waals surface area contributed by atoms with Gasteiger partial charge in [-0.25, -0.2) is 9.97 Å². The van der Waals surface area contributed by atoms with E-state index in [2.05, 4.69) is 25.9 Å². The second kappa shape index (κ2) is 8.68. The van der Waals surface area contributed by atoms with Crippen LogP contribution >= 0.6 is 0 Å². The van der Waals surface area contributed by atoms with E-state index in [0.29, 0.717) is 24.4 Å². The molecular weight excluding hydrogens is 378 g/mol. The maximum absolute atomic E-state index is 12.7. The zero-order valence-electron chi connectivity index (χ0n) is 17.4. The van der Waals surface area contributed by atoms with E-state index in [1.165, 1.54) is 12.8 Å². The zero-order valence-corrected chi connectivity index (χ0v) is 17.4. The standard InChI is InChI=1S/C23H29N5O2/c29-23-18-15-28(12-10-19(18)26-22(27-23)20-7-3-4-11-24-20)14-16-8-9-21(25-13-16)30-17-5-1-2-6-17/h8-9,13,17H,1-7,10-12,14-15H2,(H,26,27,29). The van der Waals surface area contributed by atoms with Crippen LogP contribution in [0.4, 0.5) is 0 Å². The van der Waals surface area contributed by atoms with Gasteiger partial charge in [-0.1, -0.05) is 6.07 Å². The number of aromatic amines is 1. The molecule has 1 fully saturated rings. The van der Waals surface area contributed by atoms with E-state index < -0.39 is 0 Å². The van der Waals surface area contributed by atoms with Crippen LogP contribution in [0.15, 0.2) is 28.1 Å². The molecule has 30 heavy (non-hydrogen) atoms. The SMILES string of the molecule is O=c1[nH]c(C2=NCCCC2)nc2c1CN(Cc1ccc(OC3CCCC3)nc1)CC2. The van der Waals surface area contributed by atoms with Crippen molar-refractivity contribution in [2.24, 2.45) is 4.99 Å². The molecule has 1 saturated carbocycles. The van der Waals surface area contributed by atoms with Crippen molar-refractivity contribution in [2.75, 3.05) is 13.1 Å². The fourth-order valence-corrected chi connectivity index (χ4v) is 4.65. The highest BCUT2D eigenvalue weighted by molar-refractivity contribution is 5.97. The van der Waals surface area contributed by atoms with Crippen LogP contribution in [-0.2, 0) is 19.5 Å². The Kier molecular flexibility index (Phi) is 5.62. The number of hydrogen-bond donors (Lipinski definition) is 1. The molecule has 0 saturated heterocycles. The van der Waals surface area contributed by atoms with Gasteiger partial charge in [-0.15, -0.1) is 0 Å². The van der Waals surface area contributed by atoms with E-state index in [1.807, 2.05) is 12.3 Å². The molecule has 3 aliphatic rings. The summed E-state index contributed by atoms with van der Waals surface area (Å²) < 4.78 is 5.96. The van der Waals surface area contributed by atoms with Gasteiger partial charge >= 0.3 is 0 Å². The molecule has 2 aromatic rings. The highest BCUT2D eigenvalue weighted by atomic mass is 16.5. The molecule has 0 atom stereocenters. The summed E-state index contributed by atoms with van der Waals surface area (Å²) in [5.41, 5.74) is 3.78. The van der Waals surface area contributed by atoms with Gasteiger partial charge in [-0.05, 0) is 50.5 Å². The largest absolute Gasteiger partial charge is 0.474 e. The summed E-state index contributed by atoms with van der Waals surface area (Å²) >= 11 is 0. The van der Waals surface area contributed by atoms with Crippen molar-refractivity contribution in [3.63, 3.8) is 0 Å². The van der Waals surface area contributed by atoms with E-state index in [9.17, 15) is 4.79 Å². The Bertz CT molecular complexity index is 976. The maximum Gasteiger partial charge on any atom is 0.255 e. The summed E-state index contributed by atoms with van der Waals surface area (Å²) in [6, 6.07) is 4.05. The lowest BCUT2D eigenvalue weighted by Gasteiger charge is -2.27. The molecule has 0 amide bonds. The summed E-state index contributed by atoms with van der Waals surface area (Å²) in [5, 5.41) is 0. The first-order valence-electron chi connectivity index (χ1n) is 11.2. The maximum atomic E-state index is 12.7. The first-order chi connectivity index (χ1) is 14.7. The van der Waals surface area contributed by atoms with E-state index in [4.69, 9.17) is 9.72 Å². The Morgan fingerprint density at radius 1 is 1.13 bits per heavy atom. The molecule has 0 spiro atoms. The Morgan fingerprint density at radius 2 is 2.03 bits per heavy atom. The highest BCUT2D eigenvalue weighted by Crippen LogP contribution is 2.23. The van der Waals surface area contributed by atoms with Gasteiger partial charge in [0.25, 0.3) is 5.56 Å². The van der Waals surface area contributed by atoms with Crippen molar-refractivity contribution in [2.45, 2.75) is 70.6 Å². The first-order valence-corrected chi connectivity index (χ1v) is 11.2. The molecule has 0 aromatic carbocycles. The average Bonchev–Trinajstić information content (AvgIpc) is 3.29. The van der Waals surface area contributed by atoms with Crippen LogP contribution in [0.25, 0.3) is 0 Å². The van der Waals surface area contributed by atoms with Crippen molar-refractivity contribution in [1.82, 2.24) is 19.9 Å². The molecule has 2 aromatic heterocycles. The molecule has 2 aliphatic heterocycles. The van der Waals surface area contributed by atoms with Crippen LogP contribution in [0.5, 0.6) is 5.88 Å². The van der Waals surface area contributed by atoms with Gasteiger partial charge in [0.05, 0.1) is 17.0 Å². The van der Waals surface area contributed by atoms with E-state index in [0.717, 1.165) is 80.7 Å². The minimum atomic E-state index is -0.0218. The van der Waals surface area contributed by atoms with Crippen molar-refractivity contribution in [3.8, 4) is 5.88 Å². The van der Waals surface area contributed by atoms with Crippen LogP contribution in [0.3, 0.4) is 0 Å². The number of hydrogen-bond acceptors (Lipinski definition) is 6. The summed E-state index contributed by atoms with van der Waals surface area (Å²) in [6.45, 7) is 3.10. The lowest BCUT2D eigenvalue weighted by atomic mass is 10.0. The molecule has 158 valence electrons. The first kappa shape index (κ1) is 19.4. The fourth-order valence-electron chi connectivity index (χ4n) is 4.65.